The van der Waals surface area contributed by atoms with E-state index in [1.54, 1.807) is 58.0 Å². The zero-order valence-electron chi connectivity index (χ0n) is 28.7. The number of ether oxygens (including phenoxy) is 2. The van der Waals surface area contributed by atoms with Crippen LogP contribution in [0.25, 0.3) is 0 Å². The number of rotatable bonds is 19. The van der Waals surface area contributed by atoms with Crippen molar-refractivity contribution in [2.45, 2.75) is 59.5 Å². The molecular formula is C34H52ClNaO11. The maximum absolute atomic E-state index is 12.2. The van der Waals surface area contributed by atoms with E-state index >= 15 is 0 Å². The first-order valence-corrected chi connectivity index (χ1v) is 14.8. The molecule has 0 aliphatic heterocycles. The van der Waals surface area contributed by atoms with E-state index in [0.29, 0.717) is 18.8 Å². The first-order chi connectivity index (χ1) is 21.3. The Balaban J connectivity index is -0.000000451. The van der Waals surface area contributed by atoms with Crippen LogP contribution in [0.4, 0.5) is 0 Å². The molecule has 0 aromatic heterocycles. The van der Waals surface area contributed by atoms with Crippen molar-refractivity contribution in [3.8, 4) is 0 Å². The summed E-state index contributed by atoms with van der Waals surface area (Å²) in [6.45, 7) is 17.6. The van der Waals surface area contributed by atoms with Gasteiger partial charge >= 0.3 is 41.5 Å². The van der Waals surface area contributed by atoms with Gasteiger partial charge < -0.3 is 14.9 Å². The summed E-state index contributed by atoms with van der Waals surface area (Å²) >= 11 is 0. The molecule has 0 bridgehead atoms. The van der Waals surface area contributed by atoms with Gasteiger partial charge in [0, 0.05) is 0 Å². The van der Waals surface area contributed by atoms with Crippen molar-refractivity contribution in [1.82, 2.24) is 0 Å². The van der Waals surface area contributed by atoms with Crippen molar-refractivity contribution in [1.29, 1.82) is 0 Å². The Labute approximate surface area is 308 Å². The molecular weight excluding hydrogens is 643 g/mol. The Bertz CT molecular complexity index is 1020. The fourth-order valence-corrected chi connectivity index (χ4v) is 3.64. The summed E-state index contributed by atoms with van der Waals surface area (Å²) in [7, 11) is 0. The van der Waals surface area contributed by atoms with Gasteiger partial charge in [-0.25, -0.2) is 24.4 Å². The standard InChI is InChI=1S/C22H32O8.C9H12.C3H6O2.ClH.Na.H2O/c1-6-22(30-28-10-5,16-29-27-9-4)18-13-11-17(12-14-18)15-19(20(23)25-7-2)21(24)26-8-3;1-2-6-9-7-4-3-5-8-9;1-2-3-5-4;;;/h6,11-14,19H,1,7-10,15-16H2,2-5H3;3-5,7-8H,2,6H2,1H3;2,4H,1,3H2;1H;;1H2/q;;;;+1;/p-1. The molecule has 2 N–H and O–H groups in total. The topological polar surface area (TPSA) is 149 Å². The molecule has 0 spiro atoms. The minimum absolute atomic E-state index is 0. The van der Waals surface area contributed by atoms with Crippen LogP contribution in [0.1, 0.15) is 57.7 Å². The third-order valence-corrected chi connectivity index (χ3v) is 5.73. The second-order valence-electron chi connectivity index (χ2n) is 9.03. The Morgan fingerprint density at radius 2 is 1.36 bits per heavy atom. The summed E-state index contributed by atoms with van der Waals surface area (Å²) in [5.74, 6) is -2.24. The molecule has 262 valence electrons. The predicted octanol–water partition coefficient (Wildman–Crippen LogP) is 3.84. The van der Waals surface area contributed by atoms with Gasteiger partial charge in [-0.05, 0) is 63.3 Å². The number of hydrogen-bond acceptors (Lipinski definition) is 11. The molecule has 0 fully saturated rings. The smallest absolute Gasteiger partial charge is 0.870 e. The van der Waals surface area contributed by atoms with E-state index < -0.39 is 23.5 Å². The Morgan fingerprint density at radius 1 is 0.809 bits per heavy atom. The minimum atomic E-state index is -1.09. The summed E-state index contributed by atoms with van der Waals surface area (Å²) in [5.41, 5.74) is 1.81. The van der Waals surface area contributed by atoms with Gasteiger partial charge in [0.15, 0.2) is 11.5 Å². The van der Waals surface area contributed by atoms with Crippen LogP contribution in [-0.4, -0.2) is 62.3 Å². The summed E-state index contributed by atoms with van der Waals surface area (Å²) in [6, 6.07) is 17.7. The van der Waals surface area contributed by atoms with Gasteiger partial charge in [0.25, 0.3) is 0 Å². The number of carbonyl (C=O) groups excluding carboxylic acids is 2. The maximum Gasteiger partial charge on any atom is 1.00 e. The summed E-state index contributed by atoms with van der Waals surface area (Å²) in [6.07, 6.45) is 5.63. The summed E-state index contributed by atoms with van der Waals surface area (Å²) in [5, 5.41) is 7.50. The number of esters is 2. The third kappa shape index (κ3) is 22.2. The van der Waals surface area contributed by atoms with Crippen LogP contribution in [0.2, 0.25) is 0 Å². The molecule has 0 heterocycles. The molecule has 0 saturated heterocycles. The van der Waals surface area contributed by atoms with Crippen molar-refractivity contribution < 1.29 is 83.8 Å². The van der Waals surface area contributed by atoms with Crippen LogP contribution < -0.4 is 29.6 Å². The van der Waals surface area contributed by atoms with Crippen molar-refractivity contribution in [2.75, 3.05) is 39.6 Å². The van der Waals surface area contributed by atoms with Gasteiger partial charge in [0.05, 0.1) is 33.0 Å². The van der Waals surface area contributed by atoms with Crippen LogP contribution in [0.5, 0.6) is 0 Å². The van der Waals surface area contributed by atoms with Gasteiger partial charge in [-0.15, -0.1) is 19.0 Å². The van der Waals surface area contributed by atoms with E-state index in [0.717, 1.165) is 5.56 Å². The summed E-state index contributed by atoms with van der Waals surface area (Å²) < 4.78 is 10.0. The second kappa shape index (κ2) is 33.8. The molecule has 0 radical (unpaired) electrons. The zero-order valence-corrected chi connectivity index (χ0v) is 31.5. The molecule has 2 aromatic rings. The van der Waals surface area contributed by atoms with Gasteiger partial charge in [-0.2, -0.15) is 0 Å². The quantitative estimate of drug-likeness (QED) is 0.0435. The zero-order chi connectivity index (χ0) is 33.1. The van der Waals surface area contributed by atoms with Crippen LogP contribution in [0.15, 0.2) is 79.9 Å². The molecule has 0 aliphatic rings. The number of hydrogen-bond donors (Lipinski definition) is 1. The van der Waals surface area contributed by atoms with E-state index in [2.05, 4.69) is 55.3 Å². The predicted molar refractivity (Wildman–Crippen MR) is 177 cm³/mol. The minimum Gasteiger partial charge on any atom is -0.870 e. The molecule has 1 atom stereocenters. The first kappa shape index (κ1) is 51.7. The van der Waals surface area contributed by atoms with Gasteiger partial charge in [0.1, 0.15) is 6.61 Å². The molecule has 47 heavy (non-hydrogen) atoms. The molecule has 0 saturated carbocycles. The molecule has 1 unspecified atom stereocenters. The average Bonchev–Trinajstić information content (AvgIpc) is 3.04. The van der Waals surface area contributed by atoms with E-state index in [1.165, 1.54) is 24.5 Å². The average molecular weight is 695 g/mol. The van der Waals surface area contributed by atoms with E-state index in [9.17, 15) is 9.59 Å². The van der Waals surface area contributed by atoms with Gasteiger partial charge in [0.2, 0.25) is 0 Å². The number of benzene rings is 2. The van der Waals surface area contributed by atoms with Crippen molar-refractivity contribution >= 4 is 24.3 Å². The fourth-order valence-electron chi connectivity index (χ4n) is 3.64. The normalized spacial score (nSPS) is 10.9. The number of halogens is 1. The van der Waals surface area contributed by atoms with Gasteiger partial charge in [-0.1, -0.05) is 80.6 Å². The van der Waals surface area contributed by atoms with Crippen molar-refractivity contribution in [3.63, 3.8) is 0 Å². The Hall–Kier alpha value is -2.13. The van der Waals surface area contributed by atoms with E-state index in [-0.39, 0.29) is 80.3 Å². The molecule has 13 heteroatoms. The van der Waals surface area contributed by atoms with Crippen LogP contribution in [-0.2, 0) is 61.9 Å². The number of carbonyl (C=O) groups is 2. The second-order valence-corrected chi connectivity index (χ2v) is 9.03. The van der Waals surface area contributed by atoms with E-state index in [4.69, 9.17) is 34.3 Å². The Morgan fingerprint density at radius 3 is 1.77 bits per heavy atom. The van der Waals surface area contributed by atoms with Crippen LogP contribution in [0, 0.1) is 5.92 Å². The van der Waals surface area contributed by atoms with Crippen LogP contribution in [0.3, 0.4) is 0 Å². The van der Waals surface area contributed by atoms with Gasteiger partial charge in [-0.3, -0.25) is 14.8 Å². The third-order valence-electron chi connectivity index (χ3n) is 5.73. The maximum atomic E-state index is 12.2. The largest absolute Gasteiger partial charge is 1.00 e. The SMILES string of the molecule is C=CC(COOCC)(OOCC)c1ccc(CC(C(=O)OCC)C(=O)OCC)cc1.C=CCOO.CCCc1ccccc1.Cl.[Na+].[OH-]. The molecule has 0 aliphatic carbocycles. The Kier molecular flexibility index (Phi) is 37.1. The number of aryl methyl sites for hydroxylation is 1. The first-order valence-electron chi connectivity index (χ1n) is 14.8. The molecule has 2 aromatic carbocycles. The van der Waals surface area contributed by atoms with E-state index in [1.807, 2.05) is 0 Å². The fraction of sp³-hybridized carbons (Fsp3) is 0.471. The molecule has 11 nitrogen and oxygen atoms in total. The molecule has 0 amide bonds. The van der Waals surface area contributed by atoms with Crippen molar-refractivity contribution in [2.24, 2.45) is 5.92 Å². The monoisotopic (exact) mass is 694 g/mol. The molecule has 2 rings (SSSR count). The van der Waals surface area contributed by atoms with Crippen LogP contribution >= 0.6 is 12.4 Å². The van der Waals surface area contributed by atoms with Crippen molar-refractivity contribution in [3.05, 3.63) is 96.6 Å². The summed E-state index contributed by atoms with van der Waals surface area (Å²) in [4.78, 5) is 48.9.